The van der Waals surface area contributed by atoms with Gasteiger partial charge in [-0.05, 0) is 6.92 Å². The number of esters is 2. The zero-order valence-corrected chi connectivity index (χ0v) is 19.7. The number of hydrogen-bond acceptors (Lipinski definition) is 11. The third-order valence-electron chi connectivity index (χ3n) is 6.34. The summed E-state index contributed by atoms with van der Waals surface area (Å²) >= 11 is 0. The minimum absolute atomic E-state index is 0.117. The smallest absolute Gasteiger partial charge is 0.303 e. The van der Waals surface area contributed by atoms with Crippen molar-refractivity contribution in [3.63, 3.8) is 0 Å². The average Bonchev–Trinajstić information content (AvgIpc) is 3.52. The summed E-state index contributed by atoms with van der Waals surface area (Å²) < 4.78 is 20.7. The van der Waals surface area contributed by atoms with Crippen molar-refractivity contribution in [2.24, 2.45) is 0 Å². The number of ether oxygens (including phenoxy) is 3. The van der Waals surface area contributed by atoms with E-state index in [9.17, 15) is 9.59 Å². The van der Waals surface area contributed by atoms with Crippen molar-refractivity contribution < 1.29 is 23.8 Å². The fraction of sp³-hybridized carbons (Fsp3) is 0.348. The highest BCUT2D eigenvalue weighted by Crippen LogP contribution is 2.50. The van der Waals surface area contributed by atoms with Gasteiger partial charge in [0, 0.05) is 19.4 Å². The molecule has 0 radical (unpaired) electrons. The van der Waals surface area contributed by atoms with Gasteiger partial charge in [-0.3, -0.25) is 14.2 Å². The van der Waals surface area contributed by atoms with E-state index in [-0.39, 0.29) is 12.4 Å². The predicted molar refractivity (Wildman–Crippen MR) is 124 cm³/mol. The molecule has 2 N–H and O–H groups in total. The van der Waals surface area contributed by atoms with Gasteiger partial charge in [-0.2, -0.15) is 0 Å². The molecule has 1 aromatic carbocycles. The van der Waals surface area contributed by atoms with Crippen molar-refractivity contribution in [2.45, 2.75) is 45.2 Å². The molecule has 13 nitrogen and oxygen atoms in total. The van der Waals surface area contributed by atoms with Crippen LogP contribution in [-0.2, 0) is 23.8 Å². The molecule has 5 heterocycles. The number of aromatic nitrogens is 7. The molecule has 36 heavy (non-hydrogen) atoms. The lowest BCUT2D eigenvalue weighted by Crippen LogP contribution is -2.38. The van der Waals surface area contributed by atoms with E-state index in [2.05, 4.69) is 20.3 Å². The number of nitrogen functional groups attached to an aromatic ring is 1. The Balaban J connectivity index is 1.59. The van der Waals surface area contributed by atoms with Crippen LogP contribution in [0.25, 0.3) is 33.9 Å². The maximum atomic E-state index is 12.1. The molecule has 13 heteroatoms. The van der Waals surface area contributed by atoms with Crippen LogP contribution in [0.2, 0.25) is 0 Å². The zero-order valence-electron chi connectivity index (χ0n) is 19.7. The topological polar surface area (TPSA) is 162 Å². The van der Waals surface area contributed by atoms with E-state index < -0.39 is 36.4 Å². The normalized spacial score (nSPS) is 22.1. The number of hydrogen-bond donors (Lipinski definition) is 1. The summed E-state index contributed by atoms with van der Waals surface area (Å²) in [5, 5.41) is 8.92. The lowest BCUT2D eigenvalue weighted by atomic mass is 10.0. The van der Waals surface area contributed by atoms with Gasteiger partial charge in [-0.25, -0.2) is 19.6 Å². The van der Waals surface area contributed by atoms with E-state index in [0.29, 0.717) is 28.4 Å². The number of nitrogens with two attached hydrogens (primary N) is 1. The highest BCUT2D eigenvalue weighted by Gasteiger charge is 2.54. The summed E-state index contributed by atoms with van der Waals surface area (Å²) in [5.74, 6) is -0.299. The Hall–Kier alpha value is -4.39. The van der Waals surface area contributed by atoms with Gasteiger partial charge < -0.3 is 19.9 Å². The Morgan fingerprint density at radius 2 is 1.92 bits per heavy atom. The summed E-state index contributed by atoms with van der Waals surface area (Å²) in [6.07, 6.45) is -0.996. The lowest BCUT2D eigenvalue weighted by Gasteiger charge is -2.30. The first-order chi connectivity index (χ1) is 17.3. The standard InChI is InChI=1S/C23H22N8O5/c1-10-4-6-13(7-5-10)15-17-22-27-16-20(24)25-9-26-21(16)30(22)23-18(31(17)29-28-15)19(35-12(3)33)14(36-23)8-34-11(2)32/h4-7,9,14,18-19,23H,8H2,1-3H3,(H2,24,25,26)/t14-,18+,19-,23-/m1/s1. The number of rotatable bonds is 4. The number of anilines is 1. The molecule has 4 atom stereocenters. The molecule has 0 aliphatic carbocycles. The zero-order chi connectivity index (χ0) is 25.1. The second kappa shape index (κ2) is 8.09. The molecule has 0 amide bonds. The fourth-order valence-corrected chi connectivity index (χ4v) is 4.81. The van der Waals surface area contributed by atoms with Crippen LogP contribution in [0.1, 0.15) is 31.7 Å². The van der Waals surface area contributed by atoms with Crippen LogP contribution >= 0.6 is 0 Å². The summed E-state index contributed by atoms with van der Waals surface area (Å²) in [6.45, 7) is 4.49. The van der Waals surface area contributed by atoms with Crippen molar-refractivity contribution in [3.05, 3.63) is 36.2 Å². The minimum Gasteiger partial charge on any atom is -0.463 e. The second-order valence-electron chi connectivity index (χ2n) is 8.77. The van der Waals surface area contributed by atoms with Gasteiger partial charge in [0.05, 0.1) is 0 Å². The van der Waals surface area contributed by atoms with Gasteiger partial charge in [0.2, 0.25) is 0 Å². The monoisotopic (exact) mass is 490 g/mol. The Morgan fingerprint density at radius 3 is 2.64 bits per heavy atom. The highest BCUT2D eigenvalue weighted by atomic mass is 16.6. The van der Waals surface area contributed by atoms with Crippen LogP contribution in [0.3, 0.4) is 0 Å². The highest BCUT2D eigenvalue weighted by molar-refractivity contribution is 5.87. The average molecular weight is 490 g/mol. The predicted octanol–water partition coefficient (Wildman–Crippen LogP) is 1.59. The molecule has 6 rings (SSSR count). The molecular weight excluding hydrogens is 468 g/mol. The van der Waals surface area contributed by atoms with Crippen LogP contribution in [0, 0.1) is 6.92 Å². The molecule has 0 unspecified atom stereocenters. The molecule has 184 valence electrons. The van der Waals surface area contributed by atoms with E-state index in [1.165, 1.54) is 20.2 Å². The van der Waals surface area contributed by atoms with Gasteiger partial charge in [-0.1, -0.05) is 35.0 Å². The molecular formula is C23H22N8O5. The van der Waals surface area contributed by atoms with Crippen molar-refractivity contribution in [1.29, 1.82) is 0 Å². The largest absolute Gasteiger partial charge is 0.463 e. The van der Waals surface area contributed by atoms with E-state index in [0.717, 1.165) is 11.1 Å². The van der Waals surface area contributed by atoms with Gasteiger partial charge in [0.1, 0.15) is 36.5 Å². The first-order valence-corrected chi connectivity index (χ1v) is 11.3. The van der Waals surface area contributed by atoms with Crippen LogP contribution in [0.15, 0.2) is 30.6 Å². The van der Waals surface area contributed by atoms with E-state index >= 15 is 0 Å². The van der Waals surface area contributed by atoms with Crippen molar-refractivity contribution >= 4 is 28.9 Å². The van der Waals surface area contributed by atoms with E-state index in [1.807, 2.05) is 31.2 Å². The molecule has 3 aromatic heterocycles. The van der Waals surface area contributed by atoms with E-state index in [4.69, 9.17) is 24.9 Å². The summed E-state index contributed by atoms with van der Waals surface area (Å²) in [5.41, 5.74) is 10.1. The number of fused-ring (bicyclic) bond motifs is 8. The van der Waals surface area contributed by atoms with Gasteiger partial charge in [0.15, 0.2) is 35.1 Å². The van der Waals surface area contributed by atoms with Crippen LogP contribution in [-0.4, -0.2) is 65.3 Å². The van der Waals surface area contributed by atoms with Crippen molar-refractivity contribution in [2.75, 3.05) is 12.3 Å². The summed E-state index contributed by atoms with van der Waals surface area (Å²) in [4.78, 5) is 36.9. The molecule has 0 spiro atoms. The molecule has 4 aromatic rings. The van der Waals surface area contributed by atoms with Gasteiger partial charge in [-0.15, -0.1) is 5.10 Å². The summed E-state index contributed by atoms with van der Waals surface area (Å²) in [6, 6.07) is 7.22. The first kappa shape index (κ1) is 22.1. The van der Waals surface area contributed by atoms with Crippen molar-refractivity contribution in [3.8, 4) is 22.8 Å². The number of nitrogens with zero attached hydrogens (tertiary/aromatic N) is 7. The molecule has 2 aliphatic rings. The van der Waals surface area contributed by atoms with Crippen LogP contribution in [0.5, 0.6) is 0 Å². The number of imidazole rings is 1. The van der Waals surface area contributed by atoms with Crippen molar-refractivity contribution in [1.82, 2.24) is 34.5 Å². The first-order valence-electron chi connectivity index (χ1n) is 11.3. The fourth-order valence-electron chi connectivity index (χ4n) is 4.81. The molecule has 0 saturated carbocycles. The summed E-state index contributed by atoms with van der Waals surface area (Å²) in [7, 11) is 0. The minimum atomic E-state index is -0.831. The van der Waals surface area contributed by atoms with E-state index in [1.54, 1.807) is 9.25 Å². The number of carbonyl (C=O) groups is 2. The van der Waals surface area contributed by atoms with Crippen LogP contribution < -0.4 is 5.73 Å². The lowest BCUT2D eigenvalue weighted by molar-refractivity contribution is -0.156. The molecule has 0 bridgehead atoms. The molecule has 1 fully saturated rings. The Morgan fingerprint density at radius 1 is 1.14 bits per heavy atom. The number of aryl methyl sites for hydroxylation is 1. The van der Waals surface area contributed by atoms with Gasteiger partial charge >= 0.3 is 11.9 Å². The molecule has 1 saturated heterocycles. The Labute approximate surface area is 204 Å². The maximum Gasteiger partial charge on any atom is 0.303 e. The molecule has 2 aliphatic heterocycles. The second-order valence-corrected chi connectivity index (χ2v) is 8.77. The Kier molecular flexibility index (Phi) is 4.96. The Bertz CT molecular complexity index is 1510. The van der Waals surface area contributed by atoms with Crippen LogP contribution in [0.4, 0.5) is 5.82 Å². The quantitative estimate of drug-likeness (QED) is 0.413. The third kappa shape index (κ3) is 3.31. The van der Waals surface area contributed by atoms with Gasteiger partial charge in [0.25, 0.3) is 0 Å². The number of benzene rings is 1. The maximum absolute atomic E-state index is 12.1. The number of carbonyl (C=O) groups excluding carboxylic acids is 2. The third-order valence-corrected chi connectivity index (χ3v) is 6.34. The SMILES string of the molecule is CC(=O)OC[C@H]1O[C@@H]2[C@H]([C@@H]1OC(C)=O)n1nnc(-c3ccc(C)cc3)c1-c1nc3c(N)ncnc3n12.